The maximum atomic E-state index is 12.3. The fourth-order valence-electron chi connectivity index (χ4n) is 3.90. The molecule has 0 amide bonds. The van der Waals surface area contributed by atoms with E-state index in [0.717, 1.165) is 12.8 Å². The van der Waals surface area contributed by atoms with Crippen LogP contribution in [0, 0.1) is 17.8 Å². The molecule has 1 saturated carbocycles. The number of hydrogen-bond acceptors (Lipinski definition) is 6. The van der Waals surface area contributed by atoms with Gasteiger partial charge in [0.2, 0.25) is 0 Å². The number of carbonyl (C=O) groups is 1. The number of phenolic OH excluding ortho intramolecular Hbond substituents is 2. The SMILES string of the molecule is O=C(OC1CC2COC3CC1C2CO3)c1ccc(O)c(O)c1. The van der Waals surface area contributed by atoms with Gasteiger partial charge in [-0.25, -0.2) is 4.79 Å². The maximum absolute atomic E-state index is 12.3. The van der Waals surface area contributed by atoms with Crippen LogP contribution in [-0.2, 0) is 14.2 Å². The average Bonchev–Trinajstić information content (AvgIpc) is 2.63. The van der Waals surface area contributed by atoms with Crippen molar-refractivity contribution in [2.45, 2.75) is 25.2 Å². The molecule has 5 unspecified atom stereocenters. The molecule has 118 valence electrons. The molecule has 6 heteroatoms. The molecule has 4 aliphatic rings. The summed E-state index contributed by atoms with van der Waals surface area (Å²) in [5.41, 5.74) is 0.243. The Morgan fingerprint density at radius 2 is 1.91 bits per heavy atom. The predicted molar refractivity (Wildman–Crippen MR) is 74.4 cm³/mol. The number of rotatable bonds is 2. The highest BCUT2D eigenvalue weighted by Crippen LogP contribution is 2.47. The van der Waals surface area contributed by atoms with E-state index in [1.807, 2.05) is 0 Å². The zero-order chi connectivity index (χ0) is 15.3. The van der Waals surface area contributed by atoms with Crippen LogP contribution in [0.3, 0.4) is 0 Å². The number of fused-ring (bicyclic) bond motifs is 2. The molecule has 3 heterocycles. The Balaban J connectivity index is 1.49. The lowest BCUT2D eigenvalue weighted by atomic mass is 9.87. The summed E-state index contributed by atoms with van der Waals surface area (Å²) in [5, 5.41) is 18.8. The van der Waals surface area contributed by atoms with Crippen molar-refractivity contribution in [3.05, 3.63) is 23.8 Å². The van der Waals surface area contributed by atoms with E-state index >= 15 is 0 Å². The molecule has 1 aromatic carbocycles. The topological polar surface area (TPSA) is 85.2 Å². The van der Waals surface area contributed by atoms with Gasteiger partial charge >= 0.3 is 5.97 Å². The summed E-state index contributed by atoms with van der Waals surface area (Å²) in [6, 6.07) is 3.96. The molecule has 4 fully saturated rings. The van der Waals surface area contributed by atoms with E-state index in [1.165, 1.54) is 18.2 Å². The zero-order valence-electron chi connectivity index (χ0n) is 12.0. The quantitative estimate of drug-likeness (QED) is 0.638. The number of esters is 1. The van der Waals surface area contributed by atoms with Crippen molar-refractivity contribution >= 4 is 5.97 Å². The highest BCUT2D eigenvalue weighted by molar-refractivity contribution is 5.90. The Labute approximate surface area is 127 Å². The van der Waals surface area contributed by atoms with E-state index in [9.17, 15) is 15.0 Å². The highest BCUT2D eigenvalue weighted by Gasteiger charge is 2.51. The normalized spacial score (nSPS) is 36.1. The Morgan fingerprint density at radius 1 is 1.09 bits per heavy atom. The van der Waals surface area contributed by atoms with Crippen LogP contribution in [0.25, 0.3) is 0 Å². The number of ether oxygens (including phenoxy) is 3. The number of phenols is 2. The van der Waals surface area contributed by atoms with Crippen molar-refractivity contribution in [1.82, 2.24) is 0 Å². The van der Waals surface area contributed by atoms with Gasteiger partial charge in [0, 0.05) is 12.3 Å². The van der Waals surface area contributed by atoms with Crippen LogP contribution < -0.4 is 0 Å². The molecule has 4 bridgehead atoms. The fraction of sp³-hybridized carbons (Fsp3) is 0.562. The number of carbonyl (C=O) groups excluding carboxylic acids is 1. The zero-order valence-corrected chi connectivity index (χ0v) is 12.0. The lowest BCUT2D eigenvalue weighted by molar-refractivity contribution is -0.171. The first-order chi connectivity index (χ1) is 10.6. The van der Waals surface area contributed by atoms with E-state index in [4.69, 9.17) is 14.2 Å². The number of hydrogen-bond donors (Lipinski definition) is 2. The first-order valence-electron chi connectivity index (χ1n) is 7.58. The van der Waals surface area contributed by atoms with Crippen LogP contribution in [0.4, 0.5) is 0 Å². The van der Waals surface area contributed by atoms with Crippen LogP contribution in [0.2, 0.25) is 0 Å². The lowest BCUT2D eigenvalue weighted by Crippen LogP contribution is -2.36. The highest BCUT2D eigenvalue weighted by atomic mass is 16.7. The van der Waals surface area contributed by atoms with Gasteiger partial charge in [0.05, 0.1) is 18.8 Å². The van der Waals surface area contributed by atoms with Crippen molar-refractivity contribution in [2.24, 2.45) is 17.8 Å². The van der Waals surface area contributed by atoms with Gasteiger partial charge in [-0.1, -0.05) is 0 Å². The molecular weight excluding hydrogens is 288 g/mol. The van der Waals surface area contributed by atoms with Crippen molar-refractivity contribution in [2.75, 3.05) is 13.2 Å². The predicted octanol–water partition coefficient (Wildman–Crippen LogP) is 1.65. The van der Waals surface area contributed by atoms with Crippen LogP contribution >= 0.6 is 0 Å². The molecule has 0 aromatic heterocycles. The maximum Gasteiger partial charge on any atom is 0.338 e. The van der Waals surface area contributed by atoms with Gasteiger partial charge in [-0.2, -0.15) is 0 Å². The minimum absolute atomic E-state index is 0.131. The Kier molecular flexibility index (Phi) is 3.23. The van der Waals surface area contributed by atoms with Gasteiger partial charge in [-0.05, 0) is 36.5 Å². The van der Waals surface area contributed by atoms with E-state index in [2.05, 4.69) is 0 Å². The first kappa shape index (κ1) is 13.8. The third kappa shape index (κ3) is 2.23. The van der Waals surface area contributed by atoms with Crippen molar-refractivity contribution in [3.63, 3.8) is 0 Å². The summed E-state index contributed by atoms with van der Waals surface area (Å²) in [6.45, 7) is 1.34. The van der Waals surface area contributed by atoms with Gasteiger partial charge in [0.25, 0.3) is 0 Å². The van der Waals surface area contributed by atoms with E-state index in [1.54, 1.807) is 0 Å². The molecular formula is C16H18O6. The van der Waals surface area contributed by atoms with Gasteiger partial charge in [-0.15, -0.1) is 0 Å². The molecule has 22 heavy (non-hydrogen) atoms. The molecule has 5 atom stereocenters. The third-order valence-electron chi connectivity index (χ3n) is 5.07. The summed E-state index contributed by atoms with van der Waals surface area (Å²) in [5.74, 6) is 0.00655. The monoisotopic (exact) mass is 306 g/mol. The summed E-state index contributed by atoms with van der Waals surface area (Å²) in [4.78, 5) is 12.3. The standard InChI is InChI=1S/C16H18O6/c17-12-2-1-8(3-13(12)18)16(19)22-14-4-9-6-20-15-5-10(14)11(9)7-21-15/h1-3,9-11,14-15,17-18H,4-7H2. The summed E-state index contributed by atoms with van der Waals surface area (Å²) in [6.07, 6.45) is 1.25. The first-order valence-corrected chi connectivity index (χ1v) is 7.58. The number of benzene rings is 1. The van der Waals surface area contributed by atoms with Crippen LogP contribution in [0.1, 0.15) is 23.2 Å². The fourth-order valence-corrected chi connectivity index (χ4v) is 3.90. The van der Waals surface area contributed by atoms with E-state index in [-0.39, 0.29) is 35.4 Å². The van der Waals surface area contributed by atoms with Gasteiger partial charge < -0.3 is 24.4 Å². The molecule has 3 aliphatic heterocycles. The van der Waals surface area contributed by atoms with Gasteiger partial charge in [0.1, 0.15) is 6.10 Å². The van der Waals surface area contributed by atoms with E-state index in [0.29, 0.717) is 25.0 Å². The molecule has 1 aliphatic carbocycles. The average molecular weight is 306 g/mol. The lowest BCUT2D eigenvalue weighted by Gasteiger charge is -2.31. The molecule has 5 rings (SSSR count). The second kappa shape index (κ2) is 5.14. The molecule has 0 radical (unpaired) electrons. The number of aromatic hydroxyl groups is 2. The second-order valence-electron chi connectivity index (χ2n) is 6.30. The van der Waals surface area contributed by atoms with E-state index < -0.39 is 5.97 Å². The molecule has 0 spiro atoms. The Bertz CT molecular complexity index is 600. The molecule has 2 N–H and O–H groups in total. The van der Waals surface area contributed by atoms with Gasteiger partial charge in [0.15, 0.2) is 17.8 Å². The Hall–Kier alpha value is -1.79. The van der Waals surface area contributed by atoms with Crippen LogP contribution in [0.5, 0.6) is 11.5 Å². The van der Waals surface area contributed by atoms with Crippen molar-refractivity contribution in [3.8, 4) is 11.5 Å². The molecule has 6 nitrogen and oxygen atoms in total. The van der Waals surface area contributed by atoms with Crippen LogP contribution in [0.15, 0.2) is 18.2 Å². The minimum atomic E-state index is -0.468. The van der Waals surface area contributed by atoms with Crippen molar-refractivity contribution in [1.29, 1.82) is 0 Å². The molecule has 1 aromatic rings. The Morgan fingerprint density at radius 3 is 2.73 bits per heavy atom. The van der Waals surface area contributed by atoms with Gasteiger partial charge in [-0.3, -0.25) is 0 Å². The second-order valence-corrected chi connectivity index (χ2v) is 6.30. The third-order valence-corrected chi connectivity index (χ3v) is 5.07. The largest absolute Gasteiger partial charge is 0.504 e. The molecule has 3 saturated heterocycles. The smallest absolute Gasteiger partial charge is 0.338 e. The summed E-state index contributed by atoms with van der Waals surface area (Å²) < 4.78 is 17.0. The van der Waals surface area contributed by atoms with Crippen molar-refractivity contribution < 1.29 is 29.2 Å². The summed E-state index contributed by atoms with van der Waals surface area (Å²) >= 11 is 0. The van der Waals surface area contributed by atoms with Crippen LogP contribution in [-0.4, -0.2) is 41.8 Å². The summed E-state index contributed by atoms with van der Waals surface area (Å²) in [7, 11) is 0. The minimum Gasteiger partial charge on any atom is -0.504 e.